The van der Waals surface area contributed by atoms with Crippen molar-refractivity contribution in [3.05, 3.63) is 35.1 Å². The fourth-order valence-electron chi connectivity index (χ4n) is 3.00. The maximum absolute atomic E-state index is 11.2. The minimum Gasteiger partial charge on any atom is -0.464 e. The Balaban J connectivity index is 2.09. The van der Waals surface area contributed by atoms with E-state index in [2.05, 4.69) is 24.4 Å². The van der Waals surface area contributed by atoms with Crippen LogP contribution in [0.4, 0.5) is 0 Å². The van der Waals surface area contributed by atoms with Crippen LogP contribution >= 0.6 is 0 Å². The molecule has 0 aliphatic heterocycles. The Morgan fingerprint density at radius 3 is 3.00 bits per heavy atom. The van der Waals surface area contributed by atoms with Gasteiger partial charge in [0.05, 0.1) is 6.26 Å². The molecule has 0 spiro atoms. The molecule has 0 radical (unpaired) electrons. The second kappa shape index (κ2) is 4.16. The molecule has 0 bridgehead atoms. The maximum atomic E-state index is 11.2. The van der Waals surface area contributed by atoms with Gasteiger partial charge in [-0.3, -0.25) is 4.79 Å². The third-order valence-electron chi connectivity index (χ3n) is 3.73. The van der Waals surface area contributed by atoms with Crippen molar-refractivity contribution in [2.24, 2.45) is 0 Å². The smallest absolute Gasteiger partial charge is 0.217 e. The number of amides is 1. The van der Waals surface area contributed by atoms with Crippen LogP contribution < -0.4 is 5.32 Å². The minimum atomic E-state index is 0.0390. The fraction of sp³-hybridized carbons (Fsp3) is 0.400. The van der Waals surface area contributed by atoms with Gasteiger partial charge in [0.2, 0.25) is 5.91 Å². The van der Waals surface area contributed by atoms with Gasteiger partial charge < -0.3 is 9.73 Å². The highest BCUT2D eigenvalue weighted by molar-refractivity contribution is 5.87. The van der Waals surface area contributed by atoms with Crippen molar-refractivity contribution in [2.45, 2.75) is 39.2 Å². The van der Waals surface area contributed by atoms with Crippen LogP contribution in [0.5, 0.6) is 0 Å². The first-order valence-corrected chi connectivity index (χ1v) is 6.47. The third-order valence-corrected chi connectivity index (χ3v) is 3.73. The summed E-state index contributed by atoms with van der Waals surface area (Å²) in [4.78, 5) is 11.2. The SMILES string of the molecule is CCc1ccc2occ3c2c1CC(NC(C)=O)C3. The summed E-state index contributed by atoms with van der Waals surface area (Å²) in [7, 11) is 0. The summed E-state index contributed by atoms with van der Waals surface area (Å²) in [6.07, 6.45) is 4.63. The molecule has 1 aliphatic carbocycles. The summed E-state index contributed by atoms with van der Waals surface area (Å²) < 4.78 is 5.60. The summed E-state index contributed by atoms with van der Waals surface area (Å²) in [6.45, 7) is 3.74. The van der Waals surface area contributed by atoms with Crippen LogP contribution in [0.15, 0.2) is 22.8 Å². The third kappa shape index (κ3) is 1.70. The Morgan fingerprint density at radius 1 is 1.44 bits per heavy atom. The summed E-state index contributed by atoms with van der Waals surface area (Å²) in [6, 6.07) is 4.39. The van der Waals surface area contributed by atoms with Crippen molar-refractivity contribution in [1.29, 1.82) is 0 Å². The number of hydrogen-bond donors (Lipinski definition) is 1. The zero-order valence-electron chi connectivity index (χ0n) is 10.7. The lowest BCUT2D eigenvalue weighted by atomic mass is 9.86. The van der Waals surface area contributed by atoms with Crippen LogP contribution in [0.1, 0.15) is 30.5 Å². The highest BCUT2D eigenvalue weighted by atomic mass is 16.3. The molecule has 2 aromatic rings. The van der Waals surface area contributed by atoms with E-state index in [1.807, 2.05) is 6.26 Å². The highest BCUT2D eigenvalue weighted by Crippen LogP contribution is 2.33. The lowest BCUT2D eigenvalue weighted by Crippen LogP contribution is -2.38. The Labute approximate surface area is 106 Å². The van der Waals surface area contributed by atoms with E-state index in [-0.39, 0.29) is 11.9 Å². The van der Waals surface area contributed by atoms with Gasteiger partial charge in [0.1, 0.15) is 5.58 Å². The molecule has 3 nitrogen and oxygen atoms in total. The van der Waals surface area contributed by atoms with E-state index in [4.69, 9.17) is 4.42 Å². The fourth-order valence-corrected chi connectivity index (χ4v) is 3.00. The second-order valence-electron chi connectivity index (χ2n) is 5.00. The van der Waals surface area contributed by atoms with E-state index in [0.717, 1.165) is 24.8 Å². The van der Waals surface area contributed by atoms with Gasteiger partial charge in [-0.25, -0.2) is 0 Å². The van der Waals surface area contributed by atoms with Crippen LogP contribution in [0.25, 0.3) is 11.0 Å². The van der Waals surface area contributed by atoms with Crippen LogP contribution in [-0.2, 0) is 24.1 Å². The van der Waals surface area contributed by atoms with Crippen LogP contribution in [0.3, 0.4) is 0 Å². The van der Waals surface area contributed by atoms with Crippen LogP contribution in [0.2, 0.25) is 0 Å². The Morgan fingerprint density at radius 2 is 2.28 bits per heavy atom. The van der Waals surface area contributed by atoms with Crippen molar-refractivity contribution in [2.75, 3.05) is 0 Å². The monoisotopic (exact) mass is 243 g/mol. The minimum absolute atomic E-state index is 0.0390. The number of aryl methyl sites for hydroxylation is 1. The number of carbonyl (C=O) groups is 1. The van der Waals surface area contributed by atoms with Gasteiger partial charge in [-0.15, -0.1) is 0 Å². The molecule has 3 heteroatoms. The zero-order chi connectivity index (χ0) is 12.7. The molecule has 0 saturated carbocycles. The van der Waals surface area contributed by atoms with Crippen molar-refractivity contribution in [3.8, 4) is 0 Å². The molecule has 1 unspecified atom stereocenters. The first-order chi connectivity index (χ1) is 8.69. The standard InChI is InChI=1S/C15H17NO2/c1-3-10-4-5-14-15-11(8-18-14)6-12(7-13(10)15)16-9(2)17/h4-5,8,12H,3,6-7H2,1-2H3,(H,16,17). The van der Waals surface area contributed by atoms with Gasteiger partial charge in [-0.1, -0.05) is 13.0 Å². The van der Waals surface area contributed by atoms with E-state index >= 15 is 0 Å². The predicted octanol–water partition coefficient (Wildman–Crippen LogP) is 2.60. The average Bonchev–Trinajstić information content (AvgIpc) is 2.73. The van der Waals surface area contributed by atoms with E-state index in [1.165, 1.54) is 22.1 Å². The number of furan rings is 1. The molecule has 1 aliphatic rings. The number of hydrogen-bond acceptors (Lipinski definition) is 2. The zero-order valence-corrected chi connectivity index (χ0v) is 10.7. The molecule has 1 atom stereocenters. The van der Waals surface area contributed by atoms with Gasteiger partial charge in [0, 0.05) is 23.9 Å². The van der Waals surface area contributed by atoms with Gasteiger partial charge in [0.15, 0.2) is 0 Å². The molecule has 0 fully saturated rings. The van der Waals surface area contributed by atoms with Crippen molar-refractivity contribution in [3.63, 3.8) is 0 Å². The molecule has 3 rings (SSSR count). The van der Waals surface area contributed by atoms with Gasteiger partial charge in [0.25, 0.3) is 0 Å². The largest absolute Gasteiger partial charge is 0.464 e. The van der Waals surface area contributed by atoms with Crippen molar-refractivity contribution in [1.82, 2.24) is 5.32 Å². The first kappa shape index (κ1) is 11.3. The molecule has 1 N–H and O–H groups in total. The normalized spacial score (nSPS) is 18.0. The second-order valence-corrected chi connectivity index (χ2v) is 5.00. The Kier molecular flexibility index (Phi) is 2.62. The number of rotatable bonds is 2. The molecule has 1 aromatic carbocycles. The summed E-state index contributed by atoms with van der Waals surface area (Å²) >= 11 is 0. The van der Waals surface area contributed by atoms with Gasteiger partial charge >= 0.3 is 0 Å². The topological polar surface area (TPSA) is 42.2 Å². The molecule has 1 amide bonds. The summed E-state index contributed by atoms with van der Waals surface area (Å²) in [5.74, 6) is 0.0390. The van der Waals surface area contributed by atoms with E-state index in [1.54, 1.807) is 6.92 Å². The quantitative estimate of drug-likeness (QED) is 0.881. The summed E-state index contributed by atoms with van der Waals surface area (Å²) in [5.41, 5.74) is 4.91. The maximum Gasteiger partial charge on any atom is 0.217 e. The number of nitrogens with one attached hydrogen (secondary N) is 1. The lowest BCUT2D eigenvalue weighted by molar-refractivity contribution is -0.119. The molecular formula is C15H17NO2. The van der Waals surface area contributed by atoms with E-state index in [9.17, 15) is 4.79 Å². The first-order valence-electron chi connectivity index (χ1n) is 6.47. The van der Waals surface area contributed by atoms with Gasteiger partial charge in [-0.05, 0) is 36.5 Å². The molecule has 0 saturated heterocycles. The Bertz CT molecular complexity index is 612. The van der Waals surface area contributed by atoms with Crippen LogP contribution in [-0.4, -0.2) is 11.9 Å². The number of carbonyl (C=O) groups excluding carboxylic acids is 1. The predicted molar refractivity (Wildman–Crippen MR) is 70.6 cm³/mol. The molecule has 94 valence electrons. The Hall–Kier alpha value is -1.77. The molecule has 1 heterocycles. The lowest BCUT2D eigenvalue weighted by Gasteiger charge is -2.24. The van der Waals surface area contributed by atoms with Crippen LogP contribution in [0, 0.1) is 0 Å². The van der Waals surface area contributed by atoms with Crippen molar-refractivity contribution < 1.29 is 9.21 Å². The molecule has 1 aromatic heterocycles. The summed E-state index contributed by atoms with van der Waals surface area (Å²) in [5, 5.41) is 4.30. The van der Waals surface area contributed by atoms with E-state index in [0.29, 0.717) is 0 Å². The highest BCUT2D eigenvalue weighted by Gasteiger charge is 2.24. The molecular weight excluding hydrogens is 226 g/mol. The molecule has 18 heavy (non-hydrogen) atoms. The average molecular weight is 243 g/mol. The van der Waals surface area contributed by atoms with E-state index < -0.39 is 0 Å². The number of benzene rings is 1. The van der Waals surface area contributed by atoms with Gasteiger partial charge in [-0.2, -0.15) is 0 Å². The van der Waals surface area contributed by atoms with Crippen molar-refractivity contribution >= 4 is 16.9 Å².